The molecule has 1 heterocycles. The number of rotatable bonds is 1. The summed E-state index contributed by atoms with van der Waals surface area (Å²) in [6.07, 6.45) is -0.363. The van der Waals surface area contributed by atoms with Crippen LogP contribution in [0.2, 0.25) is 5.02 Å². The lowest BCUT2D eigenvalue weighted by molar-refractivity contribution is 0.765. The molecule has 0 aromatic heterocycles. The molecule has 6 heteroatoms. The van der Waals surface area contributed by atoms with E-state index in [0.29, 0.717) is 10.7 Å². The first kappa shape index (κ1) is 8.12. The fraction of sp³-hybridized carbons (Fsp3) is 0.143. The Kier molecular flexibility index (Phi) is 1.94. The summed E-state index contributed by atoms with van der Waals surface area (Å²) < 4.78 is 0. The number of halogens is 1. The molecule has 66 valence electrons. The maximum Gasteiger partial charge on any atom is 0.210 e. The van der Waals surface area contributed by atoms with E-state index in [4.69, 9.17) is 17.3 Å². The normalized spacial score (nSPS) is 15.5. The number of benzene rings is 1. The van der Waals surface area contributed by atoms with Gasteiger partial charge in [0.15, 0.2) is 0 Å². The molecule has 0 atom stereocenters. The number of nitrogens with two attached hydrogens (primary N) is 1. The van der Waals surface area contributed by atoms with E-state index in [-0.39, 0.29) is 6.17 Å². The van der Waals surface area contributed by atoms with Crippen LogP contribution in [0.15, 0.2) is 38.9 Å². The summed E-state index contributed by atoms with van der Waals surface area (Å²) in [5.41, 5.74) is 6.92. The van der Waals surface area contributed by atoms with Crippen molar-refractivity contribution in [1.82, 2.24) is 0 Å². The second kappa shape index (κ2) is 3.10. The molecule has 0 saturated heterocycles. The summed E-state index contributed by atoms with van der Waals surface area (Å²) in [5.74, 6) is 0. The molecule has 2 rings (SSSR count). The molecule has 0 bridgehead atoms. The van der Waals surface area contributed by atoms with Crippen molar-refractivity contribution in [3.8, 4) is 0 Å². The van der Waals surface area contributed by atoms with Gasteiger partial charge in [-0.2, -0.15) is 0 Å². The third-order valence-electron chi connectivity index (χ3n) is 1.68. The summed E-state index contributed by atoms with van der Waals surface area (Å²) in [4.78, 5) is 0. The van der Waals surface area contributed by atoms with Gasteiger partial charge >= 0.3 is 0 Å². The van der Waals surface area contributed by atoms with Gasteiger partial charge in [0.2, 0.25) is 6.17 Å². The summed E-state index contributed by atoms with van der Waals surface area (Å²) >= 11 is 5.82. The Bertz CT molecular complexity index is 374. The second-order valence-electron chi connectivity index (χ2n) is 2.56. The molecule has 0 aliphatic carbocycles. The van der Waals surface area contributed by atoms with Crippen LogP contribution in [0.25, 0.3) is 0 Å². The van der Waals surface area contributed by atoms with Crippen molar-refractivity contribution >= 4 is 17.3 Å². The Hall–Kier alpha value is -1.49. The molecule has 0 unspecified atom stereocenters. The van der Waals surface area contributed by atoms with Crippen LogP contribution in [-0.4, -0.2) is 0 Å². The van der Waals surface area contributed by atoms with E-state index in [1.165, 1.54) is 0 Å². The Morgan fingerprint density at radius 3 is 2.54 bits per heavy atom. The van der Waals surface area contributed by atoms with Gasteiger partial charge in [-0.3, -0.25) is 0 Å². The number of nitrogens with zero attached hydrogens (tertiary/aromatic N) is 4. The molecule has 0 radical (unpaired) electrons. The Balaban J connectivity index is 2.36. The first-order valence-electron chi connectivity index (χ1n) is 3.62. The molecule has 0 amide bonds. The van der Waals surface area contributed by atoms with Crippen molar-refractivity contribution in [2.75, 3.05) is 5.73 Å². The first-order chi connectivity index (χ1) is 6.27. The Morgan fingerprint density at radius 2 is 1.92 bits per heavy atom. The average molecular weight is 196 g/mol. The Morgan fingerprint density at radius 1 is 1.23 bits per heavy atom. The highest BCUT2D eigenvalue weighted by Crippen LogP contribution is 2.28. The molecule has 1 aliphatic heterocycles. The van der Waals surface area contributed by atoms with Gasteiger partial charge in [-0.05, 0) is 22.6 Å². The highest BCUT2D eigenvalue weighted by molar-refractivity contribution is 6.33. The number of hydrogen-bond donors (Lipinski definition) is 1. The molecular weight excluding hydrogens is 190 g/mol. The van der Waals surface area contributed by atoms with E-state index in [0.717, 1.165) is 5.56 Å². The molecule has 1 aromatic rings. The zero-order valence-corrected chi connectivity index (χ0v) is 7.31. The zero-order chi connectivity index (χ0) is 9.26. The van der Waals surface area contributed by atoms with Crippen LogP contribution in [0, 0.1) is 0 Å². The van der Waals surface area contributed by atoms with Crippen molar-refractivity contribution in [1.29, 1.82) is 0 Å². The molecule has 13 heavy (non-hydrogen) atoms. The number of hydrogen-bond acceptors (Lipinski definition) is 5. The molecular formula is C7H6ClN5. The smallest absolute Gasteiger partial charge is 0.210 e. The van der Waals surface area contributed by atoms with Crippen LogP contribution in [0.1, 0.15) is 11.7 Å². The zero-order valence-electron chi connectivity index (χ0n) is 6.55. The van der Waals surface area contributed by atoms with Crippen LogP contribution in [0.4, 0.5) is 5.69 Å². The van der Waals surface area contributed by atoms with Crippen molar-refractivity contribution in [2.24, 2.45) is 20.7 Å². The molecule has 1 aliphatic rings. The van der Waals surface area contributed by atoms with Crippen LogP contribution in [0.3, 0.4) is 0 Å². The van der Waals surface area contributed by atoms with E-state index in [9.17, 15) is 0 Å². The third-order valence-corrected chi connectivity index (χ3v) is 2.01. The highest BCUT2D eigenvalue weighted by Gasteiger charge is 2.13. The lowest BCUT2D eigenvalue weighted by Gasteiger charge is -2.03. The van der Waals surface area contributed by atoms with Gasteiger partial charge in [-0.1, -0.05) is 17.7 Å². The maximum atomic E-state index is 5.82. The molecule has 5 nitrogen and oxygen atoms in total. The topological polar surface area (TPSA) is 75.5 Å². The largest absolute Gasteiger partial charge is 0.398 e. The minimum atomic E-state index is -0.363. The van der Waals surface area contributed by atoms with E-state index < -0.39 is 0 Å². The van der Waals surface area contributed by atoms with Crippen molar-refractivity contribution < 1.29 is 0 Å². The van der Waals surface area contributed by atoms with Crippen molar-refractivity contribution in [3.05, 3.63) is 28.8 Å². The Labute approximate surface area is 79.3 Å². The molecule has 1 aromatic carbocycles. The monoisotopic (exact) mass is 195 g/mol. The van der Waals surface area contributed by atoms with Crippen molar-refractivity contribution in [3.63, 3.8) is 0 Å². The van der Waals surface area contributed by atoms with Gasteiger partial charge < -0.3 is 5.73 Å². The molecule has 0 spiro atoms. The number of anilines is 1. The third kappa shape index (κ3) is 1.50. The van der Waals surface area contributed by atoms with Gasteiger partial charge in [-0.15, -0.1) is 10.2 Å². The second-order valence-corrected chi connectivity index (χ2v) is 2.97. The van der Waals surface area contributed by atoms with Crippen molar-refractivity contribution in [2.45, 2.75) is 6.17 Å². The van der Waals surface area contributed by atoms with E-state index >= 15 is 0 Å². The number of nitrogen functional groups attached to an aromatic ring is 1. The highest BCUT2D eigenvalue weighted by atomic mass is 35.5. The van der Waals surface area contributed by atoms with Gasteiger partial charge in [0.25, 0.3) is 0 Å². The predicted octanol–water partition coefficient (Wildman–Crippen LogP) is 2.75. The quantitative estimate of drug-likeness (QED) is 0.688. The fourth-order valence-electron chi connectivity index (χ4n) is 1.00. The lowest BCUT2D eigenvalue weighted by atomic mass is 10.2. The summed E-state index contributed by atoms with van der Waals surface area (Å²) in [6, 6.07) is 5.22. The van der Waals surface area contributed by atoms with Crippen LogP contribution in [0.5, 0.6) is 0 Å². The molecule has 2 N–H and O–H groups in total. The molecule has 0 saturated carbocycles. The lowest BCUT2D eigenvalue weighted by Crippen LogP contribution is -1.91. The van der Waals surface area contributed by atoms with E-state index in [1.807, 2.05) is 0 Å². The molecule has 0 fully saturated rings. The summed E-state index contributed by atoms with van der Waals surface area (Å²) in [7, 11) is 0. The summed E-state index contributed by atoms with van der Waals surface area (Å²) in [6.45, 7) is 0. The van der Waals surface area contributed by atoms with Crippen LogP contribution in [-0.2, 0) is 0 Å². The summed E-state index contributed by atoms with van der Waals surface area (Å²) in [5, 5.41) is 14.8. The van der Waals surface area contributed by atoms with Gasteiger partial charge in [0.05, 0.1) is 10.7 Å². The van der Waals surface area contributed by atoms with Crippen LogP contribution < -0.4 is 5.73 Å². The van der Waals surface area contributed by atoms with Gasteiger partial charge in [0.1, 0.15) is 0 Å². The minimum absolute atomic E-state index is 0.363. The van der Waals surface area contributed by atoms with Crippen LogP contribution >= 0.6 is 11.6 Å². The average Bonchev–Trinajstić information content (AvgIpc) is 2.62. The SMILES string of the molecule is Nc1ccc(C2N=NN=N2)cc1Cl. The van der Waals surface area contributed by atoms with Gasteiger partial charge in [0, 0.05) is 5.56 Å². The van der Waals surface area contributed by atoms with Gasteiger partial charge in [-0.25, -0.2) is 0 Å². The fourth-order valence-corrected chi connectivity index (χ4v) is 1.19. The first-order valence-corrected chi connectivity index (χ1v) is 4.00. The van der Waals surface area contributed by atoms with E-state index in [1.54, 1.807) is 18.2 Å². The predicted molar refractivity (Wildman–Crippen MR) is 48.3 cm³/mol. The minimum Gasteiger partial charge on any atom is -0.398 e. The van der Waals surface area contributed by atoms with E-state index in [2.05, 4.69) is 20.7 Å². The standard InChI is InChI=1S/C7H6ClN5/c8-5-3-4(1-2-6(5)9)7-10-12-13-11-7/h1-3,7H,9H2. The maximum absolute atomic E-state index is 5.82.